The molecule has 0 saturated carbocycles. The predicted molar refractivity (Wildman–Crippen MR) is 159 cm³/mol. The summed E-state index contributed by atoms with van der Waals surface area (Å²) in [5, 5.41) is 43.6. The molecule has 2 atom stereocenters. The molecule has 0 amide bonds. The summed E-state index contributed by atoms with van der Waals surface area (Å²) in [5.74, 6) is -1.21. The molecule has 0 spiro atoms. The maximum absolute atomic E-state index is 12.9. The van der Waals surface area contributed by atoms with E-state index < -0.39 is 35.0 Å². The van der Waals surface area contributed by atoms with Crippen molar-refractivity contribution in [1.29, 1.82) is 0 Å². The number of furan rings is 2. The first-order chi connectivity index (χ1) is 20.7. The average molecular weight is 609 g/mol. The van der Waals surface area contributed by atoms with E-state index in [0.717, 1.165) is 6.08 Å². The number of benzene rings is 2. The maximum Gasteiger partial charge on any atom is 0.336 e. The Hall–Kier alpha value is -4.78. The lowest BCUT2D eigenvalue weighted by Gasteiger charge is -2.28. The Morgan fingerprint density at radius 2 is 1.48 bits per heavy atom. The second-order valence-electron chi connectivity index (χ2n) is 11.4. The molecule has 0 radical (unpaired) electrons. The highest BCUT2D eigenvalue weighted by Gasteiger charge is 2.32. The third-order valence-corrected chi connectivity index (χ3v) is 7.01. The van der Waals surface area contributed by atoms with Crippen LogP contribution in [0, 0.1) is 0 Å². The molecule has 2 aromatic carbocycles. The Morgan fingerprint density at radius 3 is 2.14 bits per heavy atom. The quantitative estimate of drug-likeness (QED) is 0.0950. The Morgan fingerprint density at radius 1 is 0.864 bits per heavy atom. The third-order valence-electron chi connectivity index (χ3n) is 7.01. The van der Waals surface area contributed by atoms with Crippen LogP contribution in [0.2, 0.25) is 0 Å². The minimum atomic E-state index is -1.56. The molecule has 3 aromatic heterocycles. The second-order valence-corrected chi connectivity index (χ2v) is 11.4. The van der Waals surface area contributed by atoms with Crippen LogP contribution in [0.1, 0.15) is 33.3 Å². The zero-order valence-electron chi connectivity index (χ0n) is 24.4. The molecular formula is C32H32O12. The fourth-order valence-electron chi connectivity index (χ4n) is 4.33. The number of phenolic OH excluding ortho intramolecular Hbond substituents is 1. The summed E-state index contributed by atoms with van der Waals surface area (Å²) < 4.78 is 33.4. The summed E-state index contributed by atoms with van der Waals surface area (Å²) in [5.41, 5.74) is -2.78. The van der Waals surface area contributed by atoms with Gasteiger partial charge in [0.25, 0.3) is 0 Å². The standard InChI is InChI=1S/C32H32O12/c1-31(2,37)21(33)15-41-29-25(36)17(13-19-9-11-39-26(19)29)5-7-23(34)43-22(32(3,4)38)16-42-30-27-20(10-12-40-27)14-18-6-8-24(35)44-28(18)30/h5-14,21-22,33,36-38H,15-16H2,1-4H3/b7-5+/t21-,22-/m1/s1. The van der Waals surface area contributed by atoms with Crippen molar-refractivity contribution in [2.45, 2.75) is 51.1 Å². The van der Waals surface area contributed by atoms with Crippen molar-refractivity contribution in [3.63, 3.8) is 0 Å². The summed E-state index contributed by atoms with van der Waals surface area (Å²) in [4.78, 5) is 24.8. The van der Waals surface area contributed by atoms with Crippen LogP contribution in [0.4, 0.5) is 0 Å². The number of aliphatic hydroxyl groups is 3. The molecular weight excluding hydrogens is 576 g/mol. The number of fused-ring (bicyclic) bond motifs is 3. The minimum Gasteiger partial charge on any atom is -0.504 e. The van der Waals surface area contributed by atoms with Gasteiger partial charge in [0.05, 0.1) is 23.7 Å². The van der Waals surface area contributed by atoms with Crippen molar-refractivity contribution in [1.82, 2.24) is 0 Å². The van der Waals surface area contributed by atoms with E-state index in [9.17, 15) is 30.0 Å². The van der Waals surface area contributed by atoms with Crippen LogP contribution in [0.25, 0.3) is 39.0 Å². The molecule has 44 heavy (non-hydrogen) atoms. The molecule has 12 heteroatoms. The predicted octanol–water partition coefficient (Wildman–Crippen LogP) is 4.28. The lowest BCUT2D eigenvalue weighted by molar-refractivity contribution is -0.159. The van der Waals surface area contributed by atoms with Crippen LogP contribution in [0.15, 0.2) is 73.0 Å². The first kappa shape index (κ1) is 30.7. The largest absolute Gasteiger partial charge is 0.504 e. The van der Waals surface area contributed by atoms with Gasteiger partial charge in [-0.2, -0.15) is 0 Å². The van der Waals surface area contributed by atoms with Gasteiger partial charge in [-0.25, -0.2) is 9.59 Å². The maximum atomic E-state index is 12.9. The van der Waals surface area contributed by atoms with Crippen molar-refractivity contribution in [2.75, 3.05) is 13.2 Å². The molecule has 0 unspecified atom stereocenters. The smallest absolute Gasteiger partial charge is 0.336 e. The molecule has 0 aliphatic rings. The zero-order valence-corrected chi connectivity index (χ0v) is 24.4. The highest BCUT2D eigenvalue weighted by molar-refractivity contribution is 6.00. The topological polar surface area (TPSA) is 182 Å². The van der Waals surface area contributed by atoms with E-state index in [0.29, 0.717) is 21.7 Å². The van der Waals surface area contributed by atoms with Gasteiger partial charge in [0.2, 0.25) is 11.5 Å². The number of ether oxygens (including phenoxy) is 3. The Bertz CT molecular complexity index is 1890. The fraction of sp³-hybridized carbons (Fsp3) is 0.312. The lowest BCUT2D eigenvalue weighted by atomic mass is 10.0. The number of aromatic hydroxyl groups is 1. The van der Waals surface area contributed by atoms with Gasteiger partial charge < -0.3 is 47.9 Å². The number of phenols is 1. The van der Waals surface area contributed by atoms with Crippen molar-refractivity contribution < 1.29 is 52.7 Å². The van der Waals surface area contributed by atoms with Gasteiger partial charge in [-0.1, -0.05) is 0 Å². The molecule has 0 aliphatic heterocycles. The van der Waals surface area contributed by atoms with Gasteiger partial charge in [-0.15, -0.1) is 0 Å². The van der Waals surface area contributed by atoms with E-state index in [4.69, 9.17) is 27.5 Å². The molecule has 5 aromatic rings. The van der Waals surface area contributed by atoms with E-state index >= 15 is 0 Å². The molecule has 0 bridgehead atoms. The van der Waals surface area contributed by atoms with Gasteiger partial charge in [0, 0.05) is 33.9 Å². The molecule has 4 N–H and O–H groups in total. The number of hydrogen-bond donors (Lipinski definition) is 4. The van der Waals surface area contributed by atoms with Crippen LogP contribution in [0.3, 0.4) is 0 Å². The first-order valence-electron chi connectivity index (χ1n) is 13.7. The average Bonchev–Trinajstić information content (AvgIpc) is 3.61. The number of aliphatic hydroxyl groups excluding tert-OH is 1. The van der Waals surface area contributed by atoms with Crippen molar-refractivity contribution in [3.05, 3.63) is 71.0 Å². The van der Waals surface area contributed by atoms with Crippen molar-refractivity contribution in [3.8, 4) is 17.2 Å². The van der Waals surface area contributed by atoms with E-state index in [1.54, 1.807) is 30.3 Å². The van der Waals surface area contributed by atoms with Crippen molar-refractivity contribution >= 4 is 45.0 Å². The van der Waals surface area contributed by atoms with Gasteiger partial charge in [-0.05, 0) is 64.1 Å². The summed E-state index contributed by atoms with van der Waals surface area (Å²) >= 11 is 0. The van der Waals surface area contributed by atoms with Gasteiger partial charge in [0.1, 0.15) is 19.3 Å². The van der Waals surface area contributed by atoms with Gasteiger partial charge in [-0.3, -0.25) is 0 Å². The SMILES string of the molecule is CC(C)(O)[C@H](O)COc1c(O)c(/C=C/C(=O)O[C@H](COc2c3occc3cc3ccc(=O)oc23)C(C)(C)O)cc2ccoc12. The van der Waals surface area contributed by atoms with Gasteiger partial charge >= 0.3 is 11.6 Å². The fourth-order valence-corrected chi connectivity index (χ4v) is 4.33. The van der Waals surface area contributed by atoms with E-state index in [1.165, 1.54) is 52.4 Å². The Balaban J connectivity index is 1.36. The second kappa shape index (κ2) is 11.7. The molecule has 5 rings (SSSR count). The number of carbonyl (C=O) groups is 1. The summed E-state index contributed by atoms with van der Waals surface area (Å²) in [6, 6.07) is 9.52. The van der Waals surface area contributed by atoms with Crippen LogP contribution in [-0.2, 0) is 9.53 Å². The number of hydrogen-bond acceptors (Lipinski definition) is 12. The van der Waals surface area contributed by atoms with Crippen LogP contribution >= 0.6 is 0 Å². The van der Waals surface area contributed by atoms with Crippen molar-refractivity contribution in [2.24, 2.45) is 0 Å². The zero-order chi connectivity index (χ0) is 31.8. The third kappa shape index (κ3) is 6.42. The Kier molecular flexibility index (Phi) is 8.17. The lowest BCUT2D eigenvalue weighted by Crippen LogP contribution is -2.43. The Labute approximate surface area is 250 Å². The molecule has 0 aliphatic carbocycles. The summed E-state index contributed by atoms with van der Waals surface area (Å²) in [7, 11) is 0. The van der Waals surface area contributed by atoms with E-state index in [-0.39, 0.29) is 47.2 Å². The number of rotatable bonds is 11. The molecule has 0 fully saturated rings. The minimum absolute atomic E-state index is 0.0856. The number of esters is 1. The van der Waals surface area contributed by atoms with Crippen LogP contribution < -0.4 is 15.1 Å². The normalized spacial score (nSPS) is 14.0. The summed E-state index contributed by atoms with van der Waals surface area (Å²) in [6.45, 7) is 5.03. The van der Waals surface area contributed by atoms with E-state index in [2.05, 4.69) is 0 Å². The number of carbonyl (C=O) groups excluding carboxylic acids is 1. The van der Waals surface area contributed by atoms with Gasteiger partial charge in [0.15, 0.2) is 28.6 Å². The molecule has 12 nitrogen and oxygen atoms in total. The highest BCUT2D eigenvalue weighted by Crippen LogP contribution is 2.40. The first-order valence-corrected chi connectivity index (χ1v) is 13.7. The summed E-state index contributed by atoms with van der Waals surface area (Å²) in [6.07, 6.45) is 2.72. The molecule has 232 valence electrons. The monoisotopic (exact) mass is 608 g/mol. The van der Waals surface area contributed by atoms with E-state index in [1.807, 2.05) is 0 Å². The van der Waals surface area contributed by atoms with Crippen LogP contribution in [0.5, 0.6) is 17.2 Å². The highest BCUT2D eigenvalue weighted by atomic mass is 16.6. The van der Waals surface area contributed by atoms with Crippen LogP contribution in [-0.4, -0.2) is 63.0 Å². The molecule has 3 heterocycles. The molecule has 0 saturated heterocycles.